The normalized spacial score (nSPS) is 18.9. The fraction of sp³-hybridized carbons (Fsp3) is 0.444. The Morgan fingerprint density at radius 3 is 2.46 bits per heavy atom. The number of nitrogens with zero attached hydrogens (tertiary/aromatic N) is 1. The number of rotatable bonds is 5. The van der Waals surface area contributed by atoms with Gasteiger partial charge < -0.3 is 19.4 Å². The number of para-hydroxylation sites is 1. The molecule has 35 heavy (non-hydrogen) atoms. The van der Waals surface area contributed by atoms with Gasteiger partial charge in [0.15, 0.2) is 5.79 Å². The highest BCUT2D eigenvalue weighted by molar-refractivity contribution is 5.88. The minimum Gasteiger partial charge on any atom is -0.361 e. The van der Waals surface area contributed by atoms with Crippen LogP contribution in [-0.4, -0.2) is 47.9 Å². The first-order valence-electron chi connectivity index (χ1n) is 12.1. The van der Waals surface area contributed by atoms with Crippen molar-refractivity contribution in [2.75, 3.05) is 26.3 Å². The van der Waals surface area contributed by atoms with Crippen LogP contribution in [0.2, 0.25) is 0 Å². The van der Waals surface area contributed by atoms with Crippen LogP contribution in [0.4, 0.5) is 13.2 Å². The Morgan fingerprint density at radius 1 is 1.06 bits per heavy atom. The number of carbonyl (C=O) groups is 1. The zero-order valence-corrected chi connectivity index (χ0v) is 19.7. The number of alkyl halides is 3. The summed E-state index contributed by atoms with van der Waals surface area (Å²) in [5.41, 5.74) is 2.11. The van der Waals surface area contributed by atoms with Crippen molar-refractivity contribution in [3.63, 3.8) is 0 Å². The number of aromatic nitrogens is 1. The number of piperidine rings is 1. The van der Waals surface area contributed by atoms with Gasteiger partial charge in [-0.2, -0.15) is 13.2 Å². The summed E-state index contributed by atoms with van der Waals surface area (Å²) < 4.78 is 53.5. The van der Waals surface area contributed by atoms with Crippen LogP contribution in [0, 0.1) is 0 Å². The number of hydrogen-bond acceptors (Lipinski definition) is 3. The van der Waals surface area contributed by atoms with E-state index in [1.807, 2.05) is 25.1 Å². The van der Waals surface area contributed by atoms with Crippen molar-refractivity contribution in [3.8, 4) is 0 Å². The molecule has 1 aromatic heterocycles. The quantitative estimate of drug-likeness (QED) is 0.508. The second kappa shape index (κ2) is 9.32. The summed E-state index contributed by atoms with van der Waals surface area (Å²) in [5, 5.41) is 0.851. The van der Waals surface area contributed by atoms with E-state index >= 15 is 0 Å². The van der Waals surface area contributed by atoms with E-state index < -0.39 is 23.4 Å². The van der Waals surface area contributed by atoms with Crippen LogP contribution in [0.25, 0.3) is 10.9 Å². The Hall–Kier alpha value is -2.84. The highest BCUT2D eigenvalue weighted by Crippen LogP contribution is 2.42. The van der Waals surface area contributed by atoms with E-state index in [0.29, 0.717) is 44.7 Å². The number of carbonyl (C=O) groups excluding carboxylic acids is 1. The number of likely N-dealkylation sites (tertiary alicyclic amines) is 1. The number of ether oxygens (including phenoxy) is 2. The number of hydrogen-bond donors (Lipinski definition) is 1. The number of H-pyrrole nitrogens is 1. The van der Waals surface area contributed by atoms with Gasteiger partial charge in [0, 0.05) is 55.4 Å². The maximum Gasteiger partial charge on any atom is 0.416 e. The smallest absolute Gasteiger partial charge is 0.361 e. The van der Waals surface area contributed by atoms with Gasteiger partial charge in [0.2, 0.25) is 5.91 Å². The van der Waals surface area contributed by atoms with Crippen LogP contribution in [0.1, 0.15) is 54.4 Å². The molecular weight excluding hydrogens is 457 g/mol. The number of amides is 1. The second-order valence-electron chi connectivity index (χ2n) is 9.27. The summed E-state index contributed by atoms with van der Waals surface area (Å²) in [6.07, 6.45) is -0.886. The molecule has 1 N–H and O–H groups in total. The zero-order chi connectivity index (χ0) is 24.6. The van der Waals surface area contributed by atoms with Gasteiger partial charge in [0.25, 0.3) is 0 Å². The molecule has 1 spiro atoms. The topological polar surface area (TPSA) is 54.6 Å². The van der Waals surface area contributed by atoms with Crippen molar-refractivity contribution in [2.24, 2.45) is 0 Å². The Bertz CT molecular complexity index is 1200. The number of nitrogens with one attached hydrogen (secondary N) is 1. The minimum atomic E-state index is -4.52. The largest absolute Gasteiger partial charge is 0.416 e. The fourth-order valence-electron chi connectivity index (χ4n) is 5.45. The average molecular weight is 487 g/mol. The van der Waals surface area contributed by atoms with Crippen molar-refractivity contribution >= 4 is 16.8 Å². The van der Waals surface area contributed by atoms with Gasteiger partial charge in [0.1, 0.15) is 0 Å². The summed E-state index contributed by atoms with van der Waals surface area (Å²) in [4.78, 5) is 18.4. The third-order valence-electron chi connectivity index (χ3n) is 7.30. The van der Waals surface area contributed by atoms with Gasteiger partial charge >= 0.3 is 6.18 Å². The third kappa shape index (κ3) is 4.57. The molecule has 1 unspecified atom stereocenters. The van der Waals surface area contributed by atoms with Gasteiger partial charge in [0.05, 0.1) is 18.8 Å². The molecule has 2 aromatic carbocycles. The molecule has 3 heterocycles. The van der Waals surface area contributed by atoms with E-state index in [-0.39, 0.29) is 17.9 Å². The third-order valence-corrected chi connectivity index (χ3v) is 7.30. The molecule has 0 bridgehead atoms. The Labute approximate surface area is 202 Å². The molecule has 0 radical (unpaired) electrons. The van der Waals surface area contributed by atoms with Crippen molar-refractivity contribution in [2.45, 2.75) is 50.5 Å². The van der Waals surface area contributed by atoms with E-state index in [1.165, 1.54) is 12.1 Å². The molecule has 5 rings (SSSR count). The molecule has 0 saturated carbocycles. The van der Waals surface area contributed by atoms with Crippen molar-refractivity contribution < 1.29 is 27.4 Å². The number of benzene rings is 2. The van der Waals surface area contributed by atoms with Crippen LogP contribution in [0.3, 0.4) is 0 Å². The monoisotopic (exact) mass is 486 g/mol. The molecular formula is C27H29F3N2O3. The van der Waals surface area contributed by atoms with Crippen molar-refractivity contribution in [3.05, 3.63) is 70.9 Å². The molecule has 2 aliphatic rings. The lowest BCUT2D eigenvalue weighted by Gasteiger charge is -2.38. The number of aryl methyl sites for hydroxylation is 1. The van der Waals surface area contributed by atoms with Gasteiger partial charge in [-0.15, -0.1) is 0 Å². The van der Waals surface area contributed by atoms with E-state index in [9.17, 15) is 18.0 Å². The lowest BCUT2D eigenvalue weighted by molar-refractivity contribution is -0.187. The molecule has 3 aromatic rings. The minimum absolute atomic E-state index is 0.0505. The van der Waals surface area contributed by atoms with Crippen molar-refractivity contribution in [1.82, 2.24) is 9.88 Å². The lowest BCUT2D eigenvalue weighted by atomic mass is 9.84. The van der Waals surface area contributed by atoms with Gasteiger partial charge in [-0.3, -0.25) is 4.79 Å². The second-order valence-corrected chi connectivity index (χ2v) is 9.27. The summed E-state index contributed by atoms with van der Waals surface area (Å²) in [5.74, 6) is -1.52. The molecule has 2 saturated heterocycles. The highest BCUT2D eigenvalue weighted by atomic mass is 19.4. The SMILES string of the molecule is CCc1cccc2c(C(CC(=O)N3CCC4(CC3)OCCO4)c3ccccc3C(F)(F)F)c[nH]c12. The molecule has 8 heteroatoms. The standard InChI is InChI=1S/C27H29F3N2O3/c1-2-18-6-5-8-20-22(17-31-25(18)20)21(19-7-3-4-9-23(19)27(28,29)30)16-24(33)32-12-10-26(11-13-32)34-14-15-35-26/h3-9,17,21,31H,2,10-16H2,1H3. The molecule has 1 atom stereocenters. The molecule has 186 valence electrons. The van der Waals surface area contributed by atoms with Crippen molar-refractivity contribution in [1.29, 1.82) is 0 Å². The van der Waals surface area contributed by atoms with E-state index in [2.05, 4.69) is 4.98 Å². The van der Waals surface area contributed by atoms with Crippen LogP contribution in [0.15, 0.2) is 48.7 Å². The maximum atomic E-state index is 14.0. The van der Waals surface area contributed by atoms with E-state index in [1.54, 1.807) is 17.2 Å². The summed E-state index contributed by atoms with van der Waals surface area (Å²) in [7, 11) is 0. The first kappa shape index (κ1) is 23.9. The average Bonchev–Trinajstić information content (AvgIpc) is 3.49. The summed E-state index contributed by atoms with van der Waals surface area (Å²) in [6.45, 7) is 4.05. The van der Waals surface area contributed by atoms with Gasteiger partial charge in [-0.25, -0.2) is 0 Å². The molecule has 0 aliphatic carbocycles. The van der Waals surface area contributed by atoms with Gasteiger partial charge in [-0.05, 0) is 29.2 Å². The van der Waals surface area contributed by atoms with E-state index in [0.717, 1.165) is 29.0 Å². The summed E-state index contributed by atoms with van der Waals surface area (Å²) in [6, 6.07) is 11.4. The Morgan fingerprint density at radius 2 is 1.77 bits per heavy atom. The first-order valence-corrected chi connectivity index (χ1v) is 12.1. The van der Waals surface area contributed by atoms with Crippen LogP contribution < -0.4 is 0 Å². The number of fused-ring (bicyclic) bond motifs is 1. The van der Waals surface area contributed by atoms with Crippen LogP contribution >= 0.6 is 0 Å². The zero-order valence-electron chi connectivity index (χ0n) is 19.7. The van der Waals surface area contributed by atoms with Crippen LogP contribution in [0.5, 0.6) is 0 Å². The van der Waals surface area contributed by atoms with E-state index in [4.69, 9.17) is 9.47 Å². The Balaban J connectivity index is 1.50. The van der Waals surface area contributed by atoms with Crippen LogP contribution in [-0.2, 0) is 26.9 Å². The molecule has 2 fully saturated rings. The molecule has 5 nitrogen and oxygen atoms in total. The predicted molar refractivity (Wildman–Crippen MR) is 126 cm³/mol. The Kier molecular flexibility index (Phi) is 6.36. The first-order chi connectivity index (χ1) is 16.8. The summed E-state index contributed by atoms with van der Waals surface area (Å²) >= 11 is 0. The number of aromatic amines is 1. The molecule has 1 amide bonds. The maximum absolute atomic E-state index is 14.0. The van der Waals surface area contributed by atoms with Gasteiger partial charge in [-0.1, -0.05) is 43.3 Å². The predicted octanol–water partition coefficient (Wildman–Crippen LogP) is 5.64. The highest BCUT2D eigenvalue weighted by Gasteiger charge is 2.42. The number of halogens is 3. The molecule has 2 aliphatic heterocycles. The fourth-order valence-corrected chi connectivity index (χ4v) is 5.45. The lowest BCUT2D eigenvalue weighted by Crippen LogP contribution is -2.47.